The Bertz CT molecular complexity index is 800. The molecule has 5 heteroatoms. The minimum absolute atomic E-state index is 0.237. The lowest BCUT2D eigenvalue weighted by atomic mass is 10.1. The molecule has 2 aromatic heterocycles. The number of fused-ring (bicyclic) bond motifs is 1. The van der Waals surface area contributed by atoms with Gasteiger partial charge in [0, 0.05) is 23.5 Å². The summed E-state index contributed by atoms with van der Waals surface area (Å²) in [5.41, 5.74) is 2.29. The summed E-state index contributed by atoms with van der Waals surface area (Å²) in [6.07, 6.45) is 3.38. The van der Waals surface area contributed by atoms with Crippen LogP contribution in [0.4, 0.5) is 0 Å². The molecule has 1 N–H and O–H groups in total. The lowest BCUT2D eigenvalue weighted by Crippen LogP contribution is -2.00. The van der Waals surface area contributed by atoms with Crippen molar-refractivity contribution in [3.05, 3.63) is 66.0 Å². The third-order valence-corrected chi connectivity index (χ3v) is 4.16. The van der Waals surface area contributed by atoms with E-state index in [2.05, 4.69) is 9.97 Å². The maximum Gasteiger partial charge on any atom is 0.338 e. The minimum Gasteiger partial charge on any atom is -0.478 e. The number of thioether (sulfide) groups is 1. The van der Waals surface area contributed by atoms with Gasteiger partial charge in [-0.2, -0.15) is 0 Å². The van der Waals surface area contributed by atoms with Gasteiger partial charge in [-0.05, 0) is 29.8 Å². The quantitative estimate of drug-likeness (QED) is 0.745. The van der Waals surface area contributed by atoms with Crippen LogP contribution in [0.5, 0.6) is 0 Å². The van der Waals surface area contributed by atoms with E-state index in [-0.39, 0.29) is 5.56 Å². The molecule has 0 atom stereocenters. The van der Waals surface area contributed by atoms with Gasteiger partial charge in [0.15, 0.2) is 0 Å². The van der Waals surface area contributed by atoms with Gasteiger partial charge in [0.25, 0.3) is 0 Å². The topological polar surface area (TPSA) is 63.1 Å². The monoisotopic (exact) mass is 296 g/mol. The Labute approximate surface area is 125 Å². The zero-order chi connectivity index (χ0) is 14.7. The molecule has 21 heavy (non-hydrogen) atoms. The number of carboxylic acids is 1. The molecule has 3 aromatic rings. The lowest BCUT2D eigenvalue weighted by molar-refractivity contribution is 0.0692. The lowest BCUT2D eigenvalue weighted by Gasteiger charge is -2.07. The largest absolute Gasteiger partial charge is 0.478 e. The average Bonchev–Trinajstić information content (AvgIpc) is 2.53. The van der Waals surface area contributed by atoms with Crippen LogP contribution in [0, 0.1) is 0 Å². The van der Waals surface area contributed by atoms with Gasteiger partial charge in [-0.3, -0.25) is 4.98 Å². The van der Waals surface area contributed by atoms with Crippen molar-refractivity contribution in [1.82, 2.24) is 9.97 Å². The van der Waals surface area contributed by atoms with E-state index < -0.39 is 5.97 Å². The second-order valence-corrected chi connectivity index (χ2v) is 5.40. The van der Waals surface area contributed by atoms with Crippen LogP contribution < -0.4 is 0 Å². The maximum absolute atomic E-state index is 11.2. The smallest absolute Gasteiger partial charge is 0.338 e. The summed E-state index contributed by atoms with van der Waals surface area (Å²) in [6, 6.07) is 13.1. The average molecular weight is 296 g/mol. The van der Waals surface area contributed by atoms with Crippen molar-refractivity contribution >= 4 is 28.6 Å². The number of aromatic carboxylic acids is 1. The summed E-state index contributed by atoms with van der Waals surface area (Å²) >= 11 is 1.42. The zero-order valence-electron chi connectivity index (χ0n) is 11.1. The number of hydrogen-bond donors (Lipinski definition) is 1. The molecule has 0 aliphatic carbocycles. The summed E-state index contributed by atoms with van der Waals surface area (Å²) in [6.45, 7) is 0. The number of benzene rings is 1. The van der Waals surface area contributed by atoms with Crippen LogP contribution in [0.3, 0.4) is 0 Å². The second-order valence-electron chi connectivity index (χ2n) is 4.44. The van der Waals surface area contributed by atoms with Crippen LogP contribution in [0.2, 0.25) is 0 Å². The predicted octanol–water partition coefficient (Wildman–Crippen LogP) is 3.62. The molecule has 0 aliphatic rings. The Morgan fingerprint density at radius 1 is 1.05 bits per heavy atom. The fourth-order valence-corrected chi connectivity index (χ4v) is 3.09. The van der Waals surface area contributed by atoms with Crippen LogP contribution in [-0.4, -0.2) is 21.0 Å². The Balaban J connectivity index is 1.89. The first kappa shape index (κ1) is 13.6. The van der Waals surface area contributed by atoms with Crippen LogP contribution in [0.15, 0.2) is 59.9 Å². The number of pyridine rings is 2. The number of carbonyl (C=O) groups is 1. The third kappa shape index (κ3) is 2.87. The zero-order valence-corrected chi connectivity index (χ0v) is 11.9. The number of aromatic nitrogens is 2. The number of hydrogen-bond acceptors (Lipinski definition) is 4. The molecule has 0 amide bonds. The molecule has 1 aromatic carbocycles. The van der Waals surface area contributed by atoms with Gasteiger partial charge in [-0.25, -0.2) is 9.78 Å². The van der Waals surface area contributed by atoms with Crippen LogP contribution >= 0.6 is 11.8 Å². The summed E-state index contributed by atoms with van der Waals surface area (Å²) in [4.78, 5) is 19.7. The summed E-state index contributed by atoms with van der Waals surface area (Å²) < 4.78 is 0. The van der Waals surface area contributed by atoms with E-state index in [0.29, 0.717) is 10.8 Å². The first-order valence-electron chi connectivity index (χ1n) is 6.39. The molecular formula is C16H12N2O2S. The molecule has 3 rings (SSSR count). The van der Waals surface area contributed by atoms with Crippen molar-refractivity contribution in [2.75, 3.05) is 0 Å². The summed E-state index contributed by atoms with van der Waals surface area (Å²) in [5, 5.41) is 10.8. The molecule has 0 unspecified atom stereocenters. The Hall–Kier alpha value is -2.40. The van der Waals surface area contributed by atoms with Gasteiger partial charge < -0.3 is 5.11 Å². The van der Waals surface area contributed by atoms with E-state index in [1.165, 1.54) is 11.8 Å². The number of carboxylic acid groups (broad SMARTS) is 1. The maximum atomic E-state index is 11.2. The first-order chi connectivity index (χ1) is 10.3. The summed E-state index contributed by atoms with van der Waals surface area (Å²) in [5.74, 6) is -0.300. The molecule has 0 bridgehead atoms. The number of rotatable bonds is 4. The molecule has 0 saturated heterocycles. The van der Waals surface area contributed by atoms with E-state index in [0.717, 1.165) is 16.5 Å². The van der Waals surface area contributed by atoms with E-state index in [1.54, 1.807) is 24.5 Å². The van der Waals surface area contributed by atoms with Crippen molar-refractivity contribution in [2.45, 2.75) is 10.8 Å². The van der Waals surface area contributed by atoms with Gasteiger partial charge in [0.2, 0.25) is 0 Å². The van der Waals surface area contributed by atoms with Crippen molar-refractivity contribution in [3.8, 4) is 0 Å². The van der Waals surface area contributed by atoms with E-state index >= 15 is 0 Å². The molecule has 0 radical (unpaired) electrons. The van der Waals surface area contributed by atoms with Crippen molar-refractivity contribution in [1.29, 1.82) is 0 Å². The number of para-hydroxylation sites is 1. The molecular weight excluding hydrogens is 284 g/mol. The third-order valence-electron chi connectivity index (χ3n) is 3.11. The van der Waals surface area contributed by atoms with Gasteiger partial charge >= 0.3 is 5.97 Å². The van der Waals surface area contributed by atoms with Crippen LogP contribution in [0.25, 0.3) is 10.9 Å². The highest BCUT2D eigenvalue weighted by molar-refractivity contribution is 7.98. The van der Waals surface area contributed by atoms with E-state index in [9.17, 15) is 9.90 Å². The van der Waals surface area contributed by atoms with Crippen LogP contribution in [0.1, 0.15) is 15.9 Å². The van der Waals surface area contributed by atoms with Gasteiger partial charge in [0.1, 0.15) is 5.03 Å². The van der Waals surface area contributed by atoms with E-state index in [4.69, 9.17) is 0 Å². The predicted molar refractivity (Wildman–Crippen MR) is 82.5 cm³/mol. The minimum atomic E-state index is -0.954. The molecule has 0 fully saturated rings. The van der Waals surface area contributed by atoms with Crippen molar-refractivity contribution in [2.24, 2.45) is 0 Å². The standard InChI is InChI=1S/C16H12N2O2S/c19-16(20)13-5-3-8-18-15(13)21-10-11-7-9-17-14-6-2-1-4-12(11)14/h1-9H,10H2,(H,19,20). The highest BCUT2D eigenvalue weighted by Crippen LogP contribution is 2.27. The highest BCUT2D eigenvalue weighted by atomic mass is 32.2. The second kappa shape index (κ2) is 5.93. The Morgan fingerprint density at radius 2 is 1.90 bits per heavy atom. The summed E-state index contributed by atoms with van der Waals surface area (Å²) in [7, 11) is 0. The first-order valence-corrected chi connectivity index (χ1v) is 7.38. The fourth-order valence-electron chi connectivity index (χ4n) is 2.10. The van der Waals surface area contributed by atoms with Crippen molar-refractivity contribution < 1.29 is 9.90 Å². The molecule has 0 aliphatic heterocycles. The van der Waals surface area contributed by atoms with Gasteiger partial charge in [-0.1, -0.05) is 18.2 Å². The molecule has 104 valence electrons. The Morgan fingerprint density at radius 3 is 2.76 bits per heavy atom. The van der Waals surface area contributed by atoms with Crippen LogP contribution in [-0.2, 0) is 5.75 Å². The van der Waals surface area contributed by atoms with Gasteiger partial charge in [0.05, 0.1) is 11.1 Å². The normalized spacial score (nSPS) is 10.7. The highest BCUT2D eigenvalue weighted by Gasteiger charge is 2.11. The fraction of sp³-hybridized carbons (Fsp3) is 0.0625. The van der Waals surface area contributed by atoms with Gasteiger partial charge in [-0.15, -0.1) is 11.8 Å². The molecule has 2 heterocycles. The molecule has 0 saturated carbocycles. The SMILES string of the molecule is O=C(O)c1cccnc1SCc1ccnc2ccccc12. The van der Waals surface area contributed by atoms with E-state index in [1.807, 2.05) is 30.3 Å². The van der Waals surface area contributed by atoms with Crippen molar-refractivity contribution in [3.63, 3.8) is 0 Å². The molecule has 0 spiro atoms. The number of nitrogens with zero attached hydrogens (tertiary/aromatic N) is 2. The molecule has 4 nitrogen and oxygen atoms in total. The Kier molecular flexibility index (Phi) is 3.83.